The van der Waals surface area contributed by atoms with Crippen LogP contribution in [-0.4, -0.2) is 30.3 Å². The Labute approximate surface area is 100 Å². The van der Waals surface area contributed by atoms with E-state index in [1.54, 1.807) is 23.4 Å². The fourth-order valence-electron chi connectivity index (χ4n) is 1.27. The van der Waals surface area contributed by atoms with Gasteiger partial charge in [-0.1, -0.05) is 0 Å². The summed E-state index contributed by atoms with van der Waals surface area (Å²) >= 11 is 0. The van der Waals surface area contributed by atoms with Gasteiger partial charge in [0.05, 0.1) is 11.9 Å². The van der Waals surface area contributed by atoms with E-state index in [2.05, 4.69) is 46.1 Å². The second kappa shape index (κ2) is 4.58. The molecule has 0 atom stereocenters. The lowest BCUT2D eigenvalue weighted by molar-refractivity contribution is 0.420. The zero-order chi connectivity index (χ0) is 12.3. The standard InChI is InChI=1S/C11H16N6/c1-11(2,3)14-5-9-4-12-6-10(16-9)17-8-13-7-15-17/h4,6-8,14H,5H2,1-3H3. The first-order chi connectivity index (χ1) is 8.04. The average molecular weight is 232 g/mol. The molecule has 0 aliphatic heterocycles. The summed E-state index contributed by atoms with van der Waals surface area (Å²) in [6.45, 7) is 7.02. The number of aromatic nitrogens is 5. The van der Waals surface area contributed by atoms with E-state index in [-0.39, 0.29) is 5.54 Å². The minimum Gasteiger partial charge on any atom is -0.306 e. The predicted octanol–water partition coefficient (Wildman–Crippen LogP) is 0.945. The van der Waals surface area contributed by atoms with E-state index in [1.807, 2.05) is 0 Å². The summed E-state index contributed by atoms with van der Waals surface area (Å²) < 4.78 is 1.59. The summed E-state index contributed by atoms with van der Waals surface area (Å²) in [5.74, 6) is 0.677. The van der Waals surface area contributed by atoms with Crippen molar-refractivity contribution in [3.05, 3.63) is 30.7 Å². The van der Waals surface area contributed by atoms with Crippen molar-refractivity contribution in [3.63, 3.8) is 0 Å². The molecule has 0 aromatic carbocycles. The Hall–Kier alpha value is -1.82. The van der Waals surface area contributed by atoms with E-state index in [1.165, 1.54) is 6.33 Å². The third-order valence-electron chi connectivity index (χ3n) is 2.13. The number of rotatable bonds is 3. The molecule has 0 radical (unpaired) electrons. The first kappa shape index (κ1) is 11.7. The molecule has 6 nitrogen and oxygen atoms in total. The quantitative estimate of drug-likeness (QED) is 0.853. The van der Waals surface area contributed by atoms with Gasteiger partial charge in [-0.05, 0) is 20.8 Å². The van der Waals surface area contributed by atoms with Gasteiger partial charge in [-0.25, -0.2) is 14.6 Å². The topological polar surface area (TPSA) is 68.5 Å². The molecular formula is C11H16N6. The van der Waals surface area contributed by atoms with Crippen molar-refractivity contribution in [2.24, 2.45) is 0 Å². The molecule has 2 heterocycles. The van der Waals surface area contributed by atoms with Crippen molar-refractivity contribution < 1.29 is 0 Å². The lowest BCUT2D eigenvalue weighted by Gasteiger charge is -2.20. The molecule has 2 aromatic rings. The predicted molar refractivity (Wildman–Crippen MR) is 63.5 cm³/mol. The molecule has 0 aliphatic rings. The van der Waals surface area contributed by atoms with Crippen LogP contribution in [0.1, 0.15) is 26.5 Å². The third kappa shape index (κ3) is 3.32. The molecule has 0 amide bonds. The number of hydrogen-bond acceptors (Lipinski definition) is 5. The van der Waals surface area contributed by atoms with E-state index < -0.39 is 0 Å². The van der Waals surface area contributed by atoms with Crippen molar-refractivity contribution in [1.82, 2.24) is 30.0 Å². The van der Waals surface area contributed by atoms with Crippen LogP contribution in [0.25, 0.3) is 5.82 Å². The lowest BCUT2D eigenvalue weighted by atomic mass is 10.1. The van der Waals surface area contributed by atoms with Gasteiger partial charge in [0.15, 0.2) is 5.82 Å². The van der Waals surface area contributed by atoms with Gasteiger partial charge in [0.2, 0.25) is 0 Å². The van der Waals surface area contributed by atoms with Gasteiger partial charge in [-0.3, -0.25) is 4.98 Å². The van der Waals surface area contributed by atoms with E-state index in [0.717, 1.165) is 5.69 Å². The van der Waals surface area contributed by atoms with Crippen LogP contribution in [0.4, 0.5) is 0 Å². The molecule has 0 unspecified atom stereocenters. The maximum absolute atomic E-state index is 4.45. The van der Waals surface area contributed by atoms with Gasteiger partial charge < -0.3 is 5.32 Å². The van der Waals surface area contributed by atoms with Gasteiger partial charge in [-0.15, -0.1) is 0 Å². The minimum atomic E-state index is 0.0605. The molecule has 0 fully saturated rings. The molecule has 90 valence electrons. The minimum absolute atomic E-state index is 0.0605. The molecule has 2 rings (SSSR count). The summed E-state index contributed by atoms with van der Waals surface area (Å²) in [5.41, 5.74) is 0.943. The Morgan fingerprint density at radius 1 is 1.24 bits per heavy atom. The maximum Gasteiger partial charge on any atom is 0.173 e. The molecule has 0 saturated heterocycles. The molecular weight excluding hydrogens is 216 g/mol. The third-order valence-corrected chi connectivity index (χ3v) is 2.13. The highest BCUT2D eigenvalue weighted by atomic mass is 15.3. The molecule has 1 N–H and O–H groups in total. The van der Waals surface area contributed by atoms with Crippen molar-refractivity contribution >= 4 is 0 Å². The summed E-state index contributed by atoms with van der Waals surface area (Å²) in [5, 5.41) is 7.38. The zero-order valence-electron chi connectivity index (χ0n) is 10.3. The second-order valence-corrected chi connectivity index (χ2v) is 4.81. The Kier molecular flexibility index (Phi) is 3.14. The molecule has 2 aromatic heterocycles. The van der Waals surface area contributed by atoms with Crippen LogP contribution in [0, 0.1) is 0 Å². The van der Waals surface area contributed by atoms with Gasteiger partial charge in [-0.2, -0.15) is 5.10 Å². The van der Waals surface area contributed by atoms with Crippen molar-refractivity contribution in [3.8, 4) is 5.82 Å². The van der Waals surface area contributed by atoms with Crippen LogP contribution >= 0.6 is 0 Å². The Morgan fingerprint density at radius 3 is 2.71 bits per heavy atom. The first-order valence-corrected chi connectivity index (χ1v) is 5.45. The van der Waals surface area contributed by atoms with Crippen LogP contribution in [-0.2, 0) is 6.54 Å². The van der Waals surface area contributed by atoms with Gasteiger partial charge >= 0.3 is 0 Å². The fourth-order valence-corrected chi connectivity index (χ4v) is 1.27. The molecule has 0 saturated carbocycles. The maximum atomic E-state index is 4.45. The molecule has 0 bridgehead atoms. The molecule has 6 heteroatoms. The fraction of sp³-hybridized carbons (Fsp3) is 0.455. The van der Waals surface area contributed by atoms with Crippen LogP contribution in [0.3, 0.4) is 0 Å². The van der Waals surface area contributed by atoms with Gasteiger partial charge in [0.1, 0.15) is 12.7 Å². The summed E-state index contributed by atoms with van der Waals surface area (Å²) in [6, 6.07) is 0. The van der Waals surface area contributed by atoms with E-state index in [4.69, 9.17) is 0 Å². The van der Waals surface area contributed by atoms with Gasteiger partial charge in [0.25, 0.3) is 0 Å². The smallest absolute Gasteiger partial charge is 0.173 e. The van der Waals surface area contributed by atoms with Crippen molar-refractivity contribution in [2.45, 2.75) is 32.9 Å². The van der Waals surface area contributed by atoms with Crippen LogP contribution in [0.5, 0.6) is 0 Å². The van der Waals surface area contributed by atoms with E-state index in [0.29, 0.717) is 12.4 Å². The number of nitrogens with zero attached hydrogens (tertiary/aromatic N) is 5. The number of hydrogen-bond donors (Lipinski definition) is 1. The Bertz CT molecular complexity index is 471. The van der Waals surface area contributed by atoms with E-state index in [9.17, 15) is 0 Å². The second-order valence-electron chi connectivity index (χ2n) is 4.81. The number of nitrogens with one attached hydrogen (secondary N) is 1. The first-order valence-electron chi connectivity index (χ1n) is 5.45. The van der Waals surface area contributed by atoms with Crippen molar-refractivity contribution in [2.75, 3.05) is 0 Å². The van der Waals surface area contributed by atoms with Gasteiger partial charge in [0, 0.05) is 18.3 Å². The Morgan fingerprint density at radius 2 is 2.06 bits per heavy atom. The van der Waals surface area contributed by atoms with Crippen LogP contribution < -0.4 is 5.32 Å². The highest BCUT2D eigenvalue weighted by Crippen LogP contribution is 2.04. The molecule has 0 spiro atoms. The van der Waals surface area contributed by atoms with Crippen LogP contribution in [0.15, 0.2) is 25.0 Å². The monoisotopic (exact) mass is 232 g/mol. The van der Waals surface area contributed by atoms with E-state index >= 15 is 0 Å². The lowest BCUT2D eigenvalue weighted by Crippen LogP contribution is -2.35. The summed E-state index contributed by atoms with van der Waals surface area (Å²) in [7, 11) is 0. The highest BCUT2D eigenvalue weighted by Gasteiger charge is 2.09. The highest BCUT2D eigenvalue weighted by molar-refractivity contribution is 5.17. The average Bonchev–Trinajstić information content (AvgIpc) is 2.79. The normalized spacial score (nSPS) is 11.7. The Balaban J connectivity index is 2.12. The van der Waals surface area contributed by atoms with Crippen molar-refractivity contribution in [1.29, 1.82) is 0 Å². The summed E-state index contributed by atoms with van der Waals surface area (Å²) in [4.78, 5) is 12.5. The summed E-state index contributed by atoms with van der Waals surface area (Å²) in [6.07, 6.45) is 6.49. The SMILES string of the molecule is CC(C)(C)NCc1cncc(-n2cncn2)n1. The van der Waals surface area contributed by atoms with Crippen LogP contribution in [0.2, 0.25) is 0 Å². The molecule has 0 aliphatic carbocycles. The largest absolute Gasteiger partial charge is 0.306 e. The zero-order valence-corrected chi connectivity index (χ0v) is 10.3. The molecule has 17 heavy (non-hydrogen) atoms.